The zero-order valence-electron chi connectivity index (χ0n) is 10.8. The Labute approximate surface area is 104 Å². The van der Waals surface area contributed by atoms with Gasteiger partial charge in [-0.15, -0.1) is 0 Å². The number of aryl methyl sites for hydroxylation is 1. The molecule has 17 heavy (non-hydrogen) atoms. The van der Waals surface area contributed by atoms with Crippen molar-refractivity contribution < 1.29 is 0 Å². The molecular weight excluding hydrogens is 210 g/mol. The molecule has 0 amide bonds. The molecule has 3 heteroatoms. The Balaban J connectivity index is 1.73. The van der Waals surface area contributed by atoms with Crippen LogP contribution in [0.15, 0.2) is 6.33 Å². The van der Waals surface area contributed by atoms with E-state index in [0.29, 0.717) is 0 Å². The third kappa shape index (κ3) is 2.01. The van der Waals surface area contributed by atoms with Crippen LogP contribution in [0.25, 0.3) is 0 Å². The molecule has 0 aromatic carbocycles. The van der Waals surface area contributed by atoms with Gasteiger partial charge in [0.2, 0.25) is 0 Å². The number of nitrogens with zero attached hydrogens (tertiary/aromatic N) is 2. The smallest absolute Gasteiger partial charge is 0.0954 e. The van der Waals surface area contributed by atoms with Crippen molar-refractivity contribution in [2.45, 2.75) is 51.5 Å². The first-order valence-corrected chi connectivity index (χ1v) is 7.15. The van der Waals surface area contributed by atoms with Crippen molar-refractivity contribution in [3.05, 3.63) is 17.7 Å². The van der Waals surface area contributed by atoms with Crippen molar-refractivity contribution in [3.63, 3.8) is 0 Å². The van der Waals surface area contributed by atoms with Crippen LogP contribution in [-0.4, -0.2) is 22.6 Å². The summed E-state index contributed by atoms with van der Waals surface area (Å²) in [6.07, 6.45) is 9.97. The Kier molecular flexibility index (Phi) is 3.19. The Morgan fingerprint density at radius 3 is 3.00 bits per heavy atom. The molecule has 1 saturated carbocycles. The van der Waals surface area contributed by atoms with Crippen LogP contribution >= 0.6 is 0 Å². The van der Waals surface area contributed by atoms with Crippen LogP contribution in [-0.2, 0) is 12.8 Å². The summed E-state index contributed by atoms with van der Waals surface area (Å²) in [5.74, 6) is 0.829. The molecule has 0 bridgehead atoms. The summed E-state index contributed by atoms with van der Waals surface area (Å²) in [4.78, 5) is 4.62. The highest BCUT2D eigenvalue weighted by Crippen LogP contribution is 2.40. The van der Waals surface area contributed by atoms with Gasteiger partial charge in [0, 0.05) is 11.7 Å². The van der Waals surface area contributed by atoms with Gasteiger partial charge in [-0.05, 0) is 57.5 Å². The first-order valence-electron chi connectivity index (χ1n) is 7.15. The molecule has 94 valence electrons. The molecule has 1 fully saturated rings. The van der Waals surface area contributed by atoms with Crippen LogP contribution in [0.4, 0.5) is 0 Å². The zero-order chi connectivity index (χ0) is 11.7. The van der Waals surface area contributed by atoms with Crippen LogP contribution in [0, 0.1) is 5.92 Å². The number of fused-ring (bicyclic) bond motifs is 1. The van der Waals surface area contributed by atoms with E-state index in [2.05, 4.69) is 28.1 Å². The van der Waals surface area contributed by atoms with Gasteiger partial charge in [0.05, 0.1) is 12.0 Å². The van der Waals surface area contributed by atoms with E-state index in [1.807, 2.05) is 0 Å². The molecule has 0 aliphatic heterocycles. The third-order valence-corrected chi connectivity index (χ3v) is 4.45. The summed E-state index contributed by atoms with van der Waals surface area (Å²) in [5.41, 5.74) is 2.92. The lowest BCUT2D eigenvalue weighted by atomic mass is 9.79. The Hall–Kier alpha value is -0.830. The van der Waals surface area contributed by atoms with Gasteiger partial charge in [0.1, 0.15) is 0 Å². The predicted molar refractivity (Wildman–Crippen MR) is 69.2 cm³/mol. The van der Waals surface area contributed by atoms with Crippen molar-refractivity contribution in [1.29, 1.82) is 0 Å². The average molecular weight is 233 g/mol. The van der Waals surface area contributed by atoms with Crippen molar-refractivity contribution in [1.82, 2.24) is 14.9 Å². The first-order chi connectivity index (χ1) is 8.40. The second-order valence-corrected chi connectivity index (χ2v) is 5.46. The molecule has 3 nitrogen and oxygen atoms in total. The average Bonchev–Trinajstić information content (AvgIpc) is 2.73. The summed E-state index contributed by atoms with van der Waals surface area (Å²) in [5, 5.41) is 3.49. The van der Waals surface area contributed by atoms with E-state index in [1.165, 1.54) is 50.8 Å². The molecule has 0 saturated heterocycles. The van der Waals surface area contributed by atoms with Gasteiger partial charge in [-0.1, -0.05) is 6.92 Å². The zero-order valence-corrected chi connectivity index (χ0v) is 10.8. The fraction of sp³-hybridized carbons (Fsp3) is 0.786. The maximum absolute atomic E-state index is 4.62. The fourth-order valence-electron chi connectivity index (χ4n) is 3.26. The van der Waals surface area contributed by atoms with Crippen molar-refractivity contribution in [2.75, 3.05) is 13.1 Å². The molecule has 1 heterocycles. The number of hydrogen-bond donors (Lipinski definition) is 1. The van der Waals surface area contributed by atoms with E-state index >= 15 is 0 Å². The van der Waals surface area contributed by atoms with Gasteiger partial charge in [0.25, 0.3) is 0 Å². The van der Waals surface area contributed by atoms with Crippen LogP contribution in [0.3, 0.4) is 0 Å². The number of imidazole rings is 1. The highest BCUT2D eigenvalue weighted by atomic mass is 15.1. The van der Waals surface area contributed by atoms with Gasteiger partial charge in [-0.2, -0.15) is 0 Å². The Morgan fingerprint density at radius 1 is 1.35 bits per heavy atom. The normalized spacial score (nSPS) is 27.6. The van der Waals surface area contributed by atoms with Crippen LogP contribution in [0.5, 0.6) is 0 Å². The summed E-state index contributed by atoms with van der Waals surface area (Å²) in [6, 6.07) is 0.725. The molecule has 0 radical (unpaired) electrons. The number of nitrogens with one attached hydrogen (secondary N) is 1. The van der Waals surface area contributed by atoms with E-state index in [4.69, 9.17) is 0 Å². The molecular formula is C14H23N3. The SMILES string of the molecule is CCNCC1CCC1n1cnc2c1CCCC2. The minimum Gasteiger partial charge on any atom is -0.331 e. The first kappa shape index (κ1) is 11.3. The minimum atomic E-state index is 0.725. The highest BCUT2D eigenvalue weighted by Gasteiger charge is 2.33. The fourth-order valence-corrected chi connectivity index (χ4v) is 3.26. The third-order valence-electron chi connectivity index (χ3n) is 4.45. The second kappa shape index (κ2) is 4.81. The van der Waals surface area contributed by atoms with Gasteiger partial charge >= 0.3 is 0 Å². The van der Waals surface area contributed by atoms with Crippen molar-refractivity contribution >= 4 is 0 Å². The molecule has 1 aromatic heterocycles. The standard InChI is InChI=1S/C14H23N3/c1-2-15-9-11-7-8-13(11)17-10-16-12-5-3-4-6-14(12)17/h10-11,13,15H,2-9H2,1H3. The molecule has 1 N–H and O–H groups in total. The predicted octanol–water partition coefficient (Wildman–Crippen LogP) is 2.32. The number of rotatable bonds is 4. The summed E-state index contributed by atoms with van der Waals surface area (Å²) in [7, 11) is 0. The molecule has 0 spiro atoms. The van der Waals surface area contributed by atoms with Gasteiger partial charge in [-0.3, -0.25) is 0 Å². The number of hydrogen-bond acceptors (Lipinski definition) is 2. The van der Waals surface area contributed by atoms with E-state index < -0.39 is 0 Å². The van der Waals surface area contributed by atoms with E-state index in [1.54, 1.807) is 5.69 Å². The lowest BCUT2D eigenvalue weighted by molar-refractivity contribution is 0.174. The summed E-state index contributed by atoms with van der Waals surface area (Å²) < 4.78 is 2.50. The van der Waals surface area contributed by atoms with E-state index in [9.17, 15) is 0 Å². The van der Waals surface area contributed by atoms with Crippen molar-refractivity contribution in [2.24, 2.45) is 5.92 Å². The lowest BCUT2D eigenvalue weighted by Gasteiger charge is -2.39. The highest BCUT2D eigenvalue weighted by molar-refractivity contribution is 5.18. The summed E-state index contributed by atoms with van der Waals surface area (Å²) in [6.45, 7) is 4.45. The molecule has 2 aliphatic carbocycles. The van der Waals surface area contributed by atoms with Crippen LogP contribution in [0.2, 0.25) is 0 Å². The van der Waals surface area contributed by atoms with E-state index in [-0.39, 0.29) is 0 Å². The Bertz CT molecular complexity index is 383. The van der Waals surface area contributed by atoms with E-state index in [0.717, 1.165) is 18.5 Å². The van der Waals surface area contributed by atoms with Crippen molar-refractivity contribution in [3.8, 4) is 0 Å². The second-order valence-electron chi connectivity index (χ2n) is 5.46. The number of aromatic nitrogens is 2. The molecule has 2 aliphatic rings. The van der Waals surface area contributed by atoms with Gasteiger partial charge in [0.15, 0.2) is 0 Å². The van der Waals surface area contributed by atoms with Crippen LogP contribution < -0.4 is 5.32 Å². The largest absolute Gasteiger partial charge is 0.331 e. The molecule has 2 atom stereocenters. The monoisotopic (exact) mass is 233 g/mol. The Morgan fingerprint density at radius 2 is 2.24 bits per heavy atom. The van der Waals surface area contributed by atoms with Gasteiger partial charge in [-0.25, -0.2) is 4.98 Å². The molecule has 3 rings (SSSR count). The quantitative estimate of drug-likeness (QED) is 0.865. The topological polar surface area (TPSA) is 29.9 Å². The maximum atomic E-state index is 4.62. The maximum Gasteiger partial charge on any atom is 0.0954 e. The van der Waals surface area contributed by atoms with Gasteiger partial charge < -0.3 is 9.88 Å². The lowest BCUT2D eigenvalue weighted by Crippen LogP contribution is -2.37. The van der Waals surface area contributed by atoms with Crippen LogP contribution in [0.1, 0.15) is 50.0 Å². The molecule has 1 aromatic rings. The minimum absolute atomic E-state index is 0.725. The summed E-state index contributed by atoms with van der Waals surface area (Å²) >= 11 is 0. The molecule has 2 unspecified atom stereocenters.